The fourth-order valence-corrected chi connectivity index (χ4v) is 10.8. The Kier molecular flexibility index (Phi) is 7.97. The summed E-state index contributed by atoms with van der Waals surface area (Å²) in [5, 5.41) is 0. The second-order valence-electron chi connectivity index (χ2n) is 5.46. The third-order valence-corrected chi connectivity index (χ3v) is 12.1. The van der Waals surface area contributed by atoms with Crippen molar-refractivity contribution in [2.45, 2.75) is 26.7 Å². The van der Waals surface area contributed by atoms with Gasteiger partial charge in [-0.2, -0.15) is 0 Å². The van der Waals surface area contributed by atoms with Gasteiger partial charge in [0, 0.05) is 0 Å². The van der Waals surface area contributed by atoms with Gasteiger partial charge in [-0.05, 0) is 0 Å². The predicted octanol–water partition coefficient (Wildman–Crippen LogP) is -1.07. The Labute approximate surface area is 153 Å². The second kappa shape index (κ2) is 8.97. The van der Waals surface area contributed by atoms with Gasteiger partial charge in [-0.1, -0.05) is 0 Å². The topological polar surface area (TPSA) is 0 Å². The molecule has 0 nitrogen and oxygen atoms in total. The molecule has 0 saturated carbocycles. The zero-order valence-corrected chi connectivity index (χ0v) is 16.9. The van der Waals surface area contributed by atoms with E-state index in [2.05, 4.69) is 74.6 Å². The van der Waals surface area contributed by atoms with Crippen molar-refractivity contribution in [3.05, 3.63) is 78.4 Å². The number of benzene rings is 1. The minimum absolute atomic E-state index is 0. The van der Waals surface area contributed by atoms with E-state index in [-0.39, 0.29) is 24.8 Å². The van der Waals surface area contributed by atoms with Crippen molar-refractivity contribution in [2.24, 2.45) is 0 Å². The van der Waals surface area contributed by atoms with Crippen molar-refractivity contribution in [1.29, 1.82) is 0 Å². The van der Waals surface area contributed by atoms with E-state index >= 15 is 0 Å². The van der Waals surface area contributed by atoms with Crippen LogP contribution in [0.3, 0.4) is 0 Å². The monoisotopic (exact) mass is 408 g/mol. The Balaban J connectivity index is 0.00000121. The fourth-order valence-electron chi connectivity index (χ4n) is 3.04. The van der Waals surface area contributed by atoms with E-state index in [1.165, 1.54) is 24.0 Å². The Morgan fingerprint density at radius 1 is 1.00 bits per heavy atom. The van der Waals surface area contributed by atoms with Gasteiger partial charge in [-0.15, -0.1) is 0 Å². The normalized spacial score (nSPS) is 16.1. The molecule has 3 heteroatoms. The van der Waals surface area contributed by atoms with Crippen molar-refractivity contribution in [2.75, 3.05) is 0 Å². The molecule has 0 fully saturated rings. The molecular weight excluding hydrogens is 390 g/mol. The van der Waals surface area contributed by atoms with Crippen molar-refractivity contribution in [3.63, 3.8) is 0 Å². The molecule has 1 aromatic rings. The average Bonchev–Trinajstić information content (AvgIpc) is 3.13. The predicted molar refractivity (Wildman–Crippen MR) is 84.5 cm³/mol. The van der Waals surface area contributed by atoms with Gasteiger partial charge < -0.3 is 24.8 Å². The van der Waals surface area contributed by atoms with Crippen LogP contribution in [0.15, 0.2) is 72.8 Å². The number of hydrogen-bond donors (Lipinski definition) is 0. The fraction of sp³-hybridized carbons (Fsp3) is 0.211. The Hall–Kier alpha value is -0.487. The summed E-state index contributed by atoms with van der Waals surface area (Å²) in [7, 11) is 0. The molecule has 0 spiro atoms. The molecule has 0 unspecified atom stereocenters. The van der Waals surface area contributed by atoms with E-state index in [0.29, 0.717) is 0 Å². The first kappa shape index (κ1) is 19.6. The van der Waals surface area contributed by atoms with E-state index in [1.54, 1.807) is 9.77 Å². The molecule has 2 aliphatic rings. The van der Waals surface area contributed by atoms with Gasteiger partial charge in [-0.25, -0.2) is 0 Å². The van der Waals surface area contributed by atoms with Crippen molar-refractivity contribution in [3.8, 4) is 0 Å². The molecule has 0 bridgehead atoms. The summed E-state index contributed by atoms with van der Waals surface area (Å²) in [5.74, 6) is 0. The molecule has 0 atom stereocenters. The molecule has 3 rings (SSSR count). The molecule has 1 aromatic carbocycles. The van der Waals surface area contributed by atoms with Crippen LogP contribution < -0.4 is 24.8 Å². The minimum atomic E-state index is -1.87. The molecular formula is C19H20Cl2Zr. The third-order valence-electron chi connectivity index (χ3n) is 4.14. The van der Waals surface area contributed by atoms with Crippen molar-refractivity contribution in [1.82, 2.24) is 0 Å². The molecule has 0 saturated heterocycles. The first-order valence-electron chi connectivity index (χ1n) is 7.26. The van der Waals surface area contributed by atoms with E-state index < -0.39 is 21.3 Å². The standard InChI is InChI=1S/C8H8.C6H7.C5H5.2ClH.Zr/c1-2-8-6-4-3-5-7-8;1-6-4-2-3-5-6;1-2-4-5-3-1;;;/h3-7H,1H3;2,4H,3H2,1H3;1-3H,4H2;2*1H;/q;;;;;+2/p-2. The number of rotatable bonds is 3. The van der Waals surface area contributed by atoms with Gasteiger partial charge >= 0.3 is 130 Å². The maximum atomic E-state index is 2.39. The summed E-state index contributed by atoms with van der Waals surface area (Å²) < 4.78 is 5.16. The third kappa shape index (κ3) is 4.07. The molecule has 22 heavy (non-hydrogen) atoms. The van der Waals surface area contributed by atoms with Crippen LogP contribution in [0.25, 0.3) is 0 Å². The van der Waals surface area contributed by atoms with E-state index in [0.717, 1.165) is 0 Å². The molecule has 114 valence electrons. The Bertz CT molecular complexity index is 677. The van der Waals surface area contributed by atoms with Gasteiger partial charge in [0.1, 0.15) is 0 Å². The van der Waals surface area contributed by atoms with Crippen LogP contribution in [-0.4, -0.2) is 3.21 Å². The number of halogens is 2. The van der Waals surface area contributed by atoms with Gasteiger partial charge in [0.25, 0.3) is 0 Å². The van der Waals surface area contributed by atoms with E-state index in [9.17, 15) is 0 Å². The van der Waals surface area contributed by atoms with Crippen LogP contribution in [-0.2, 0) is 21.3 Å². The maximum absolute atomic E-state index is 2.39. The first-order chi connectivity index (χ1) is 9.77. The summed E-state index contributed by atoms with van der Waals surface area (Å²) in [6, 6.07) is 11.0. The second-order valence-corrected chi connectivity index (χ2v) is 12.2. The van der Waals surface area contributed by atoms with Crippen LogP contribution in [0.2, 0.25) is 0 Å². The van der Waals surface area contributed by atoms with Gasteiger partial charge in [0.2, 0.25) is 0 Å². The summed E-state index contributed by atoms with van der Waals surface area (Å²) in [5.41, 5.74) is 2.98. The first-order valence-corrected chi connectivity index (χ1v) is 10.9. The smallest absolute Gasteiger partial charge is 1.00 e. The quantitative estimate of drug-likeness (QED) is 0.596. The van der Waals surface area contributed by atoms with Crippen LogP contribution in [0.4, 0.5) is 0 Å². The zero-order chi connectivity index (χ0) is 13.9. The summed E-state index contributed by atoms with van der Waals surface area (Å²) >= 11 is -1.87. The van der Waals surface area contributed by atoms with Crippen molar-refractivity contribution < 1.29 is 46.1 Å². The van der Waals surface area contributed by atoms with Crippen LogP contribution in [0, 0.1) is 0 Å². The van der Waals surface area contributed by atoms with Crippen LogP contribution in [0.5, 0.6) is 0 Å². The molecule has 0 aromatic heterocycles. The average molecular weight is 410 g/mol. The number of hydrogen-bond acceptors (Lipinski definition) is 0. The molecule has 2 aliphatic carbocycles. The Morgan fingerprint density at radius 3 is 2.27 bits per heavy atom. The summed E-state index contributed by atoms with van der Waals surface area (Å²) in [6.45, 7) is 4.67. The molecule has 0 radical (unpaired) electrons. The van der Waals surface area contributed by atoms with E-state index in [4.69, 9.17) is 0 Å². The van der Waals surface area contributed by atoms with Gasteiger partial charge in [0.05, 0.1) is 0 Å². The SMILES string of the molecule is CC1=[C](/[Zr+2]([C]2=CC=CC2)=[C](/C)c2ccccc2)CC=C1.[Cl-].[Cl-]. The largest absolute Gasteiger partial charge is 1.00 e. The molecule has 0 N–H and O–H groups in total. The van der Waals surface area contributed by atoms with Gasteiger partial charge in [0.15, 0.2) is 0 Å². The van der Waals surface area contributed by atoms with Crippen LogP contribution in [0.1, 0.15) is 32.3 Å². The molecule has 0 amide bonds. The van der Waals surface area contributed by atoms with Gasteiger partial charge in [-0.3, -0.25) is 0 Å². The Morgan fingerprint density at radius 2 is 1.73 bits per heavy atom. The van der Waals surface area contributed by atoms with E-state index in [1.807, 2.05) is 0 Å². The zero-order valence-electron chi connectivity index (χ0n) is 12.9. The maximum Gasteiger partial charge on any atom is -1.00 e. The van der Waals surface area contributed by atoms with Crippen molar-refractivity contribution >= 4 is 3.21 Å². The van der Waals surface area contributed by atoms with Crippen LogP contribution >= 0.6 is 0 Å². The molecule has 0 aliphatic heterocycles. The minimum Gasteiger partial charge on any atom is -1.00 e. The number of allylic oxidation sites excluding steroid dienone is 8. The summed E-state index contributed by atoms with van der Waals surface area (Å²) in [6.07, 6.45) is 14.0. The molecule has 0 heterocycles. The summed E-state index contributed by atoms with van der Waals surface area (Å²) in [4.78, 5) is 0.